The van der Waals surface area contributed by atoms with Gasteiger partial charge in [0, 0.05) is 12.2 Å². The van der Waals surface area contributed by atoms with Gasteiger partial charge >= 0.3 is 0 Å². The van der Waals surface area contributed by atoms with Crippen molar-refractivity contribution in [3.05, 3.63) is 29.6 Å². The van der Waals surface area contributed by atoms with E-state index in [0.29, 0.717) is 30.6 Å². The molecular weight excluding hydrogens is 231 g/mol. The molecule has 4 heteroatoms. The first kappa shape index (κ1) is 14.6. The molecule has 1 aromatic rings. The fourth-order valence-electron chi connectivity index (χ4n) is 1.89. The first-order chi connectivity index (χ1) is 8.49. The highest BCUT2D eigenvalue weighted by atomic mass is 19.1. The molecule has 0 aliphatic carbocycles. The van der Waals surface area contributed by atoms with Crippen LogP contribution in [0.2, 0.25) is 0 Å². The zero-order valence-electron chi connectivity index (χ0n) is 11.2. The van der Waals surface area contributed by atoms with E-state index < -0.39 is 5.41 Å². The summed E-state index contributed by atoms with van der Waals surface area (Å²) in [5, 5.41) is 2.74. The van der Waals surface area contributed by atoms with E-state index in [-0.39, 0.29) is 11.7 Å². The zero-order chi connectivity index (χ0) is 13.8. The molecule has 1 amide bonds. The summed E-state index contributed by atoms with van der Waals surface area (Å²) in [4.78, 5) is 12.2. The molecule has 0 aliphatic heterocycles. The number of hydrogen-bond donors (Lipinski definition) is 2. The van der Waals surface area contributed by atoms with Gasteiger partial charge in [-0.15, -0.1) is 0 Å². The van der Waals surface area contributed by atoms with Gasteiger partial charge in [-0.3, -0.25) is 4.79 Å². The number of amides is 1. The number of nitrogens with one attached hydrogen (secondary N) is 1. The molecule has 100 valence electrons. The number of carbonyl (C=O) groups is 1. The minimum Gasteiger partial charge on any atom is -0.329 e. The maximum Gasteiger partial charge on any atom is 0.231 e. The fraction of sp³-hybridized carbons (Fsp3) is 0.500. The topological polar surface area (TPSA) is 55.1 Å². The van der Waals surface area contributed by atoms with Crippen molar-refractivity contribution in [1.82, 2.24) is 0 Å². The van der Waals surface area contributed by atoms with E-state index in [9.17, 15) is 9.18 Å². The minimum atomic E-state index is -0.568. The Morgan fingerprint density at radius 3 is 2.44 bits per heavy atom. The second-order valence-electron chi connectivity index (χ2n) is 4.61. The van der Waals surface area contributed by atoms with E-state index in [4.69, 9.17) is 5.73 Å². The average Bonchev–Trinajstić information content (AvgIpc) is 2.37. The van der Waals surface area contributed by atoms with Crippen molar-refractivity contribution < 1.29 is 9.18 Å². The number of anilines is 1. The van der Waals surface area contributed by atoms with Crippen LogP contribution in [-0.2, 0) is 4.79 Å². The highest BCUT2D eigenvalue weighted by Gasteiger charge is 2.33. The highest BCUT2D eigenvalue weighted by molar-refractivity contribution is 5.95. The van der Waals surface area contributed by atoms with Crippen LogP contribution in [0.5, 0.6) is 0 Å². The normalized spacial score (nSPS) is 11.4. The van der Waals surface area contributed by atoms with Crippen LogP contribution in [0.15, 0.2) is 18.2 Å². The molecule has 0 bridgehead atoms. The Morgan fingerprint density at radius 2 is 2.00 bits per heavy atom. The Labute approximate surface area is 108 Å². The largest absolute Gasteiger partial charge is 0.329 e. The van der Waals surface area contributed by atoms with E-state index in [1.54, 1.807) is 19.1 Å². The van der Waals surface area contributed by atoms with E-state index in [2.05, 4.69) is 5.32 Å². The smallest absolute Gasteiger partial charge is 0.231 e. The molecule has 0 saturated heterocycles. The molecule has 18 heavy (non-hydrogen) atoms. The van der Waals surface area contributed by atoms with Crippen LogP contribution in [0, 0.1) is 18.2 Å². The predicted octanol–water partition coefficient (Wildman–Crippen LogP) is 2.84. The first-order valence-corrected chi connectivity index (χ1v) is 6.26. The standard InChI is InChI=1S/C14H21FN2O/c1-4-14(5-2,9-16)13(18)17-11-7-6-10(3)12(15)8-11/h6-8H,4-5,9,16H2,1-3H3,(H,17,18). The Kier molecular flexibility index (Phi) is 4.84. The van der Waals surface area contributed by atoms with Crippen molar-refractivity contribution in [1.29, 1.82) is 0 Å². The summed E-state index contributed by atoms with van der Waals surface area (Å²) < 4.78 is 13.4. The average molecular weight is 252 g/mol. The third kappa shape index (κ3) is 2.88. The number of rotatable bonds is 5. The Bertz CT molecular complexity index is 420. The summed E-state index contributed by atoms with van der Waals surface area (Å²) >= 11 is 0. The Morgan fingerprint density at radius 1 is 1.39 bits per heavy atom. The van der Waals surface area contributed by atoms with Crippen molar-refractivity contribution in [2.45, 2.75) is 33.6 Å². The first-order valence-electron chi connectivity index (χ1n) is 6.26. The lowest BCUT2D eigenvalue weighted by molar-refractivity contribution is -0.125. The van der Waals surface area contributed by atoms with Gasteiger partial charge in [-0.25, -0.2) is 4.39 Å². The van der Waals surface area contributed by atoms with Crippen LogP contribution in [0.25, 0.3) is 0 Å². The van der Waals surface area contributed by atoms with Gasteiger partial charge < -0.3 is 11.1 Å². The molecule has 3 N–H and O–H groups in total. The summed E-state index contributed by atoms with van der Waals surface area (Å²) in [6.45, 7) is 5.85. The van der Waals surface area contributed by atoms with Gasteiger partial charge in [0.05, 0.1) is 5.41 Å². The lowest BCUT2D eigenvalue weighted by Crippen LogP contribution is -2.41. The fourth-order valence-corrected chi connectivity index (χ4v) is 1.89. The maximum absolute atomic E-state index is 13.4. The number of nitrogens with two attached hydrogens (primary N) is 1. The predicted molar refractivity (Wildman–Crippen MR) is 71.8 cm³/mol. The number of carbonyl (C=O) groups excluding carboxylic acids is 1. The van der Waals surface area contributed by atoms with Gasteiger partial charge in [-0.2, -0.15) is 0 Å². The molecule has 0 aromatic heterocycles. The van der Waals surface area contributed by atoms with E-state index in [1.165, 1.54) is 6.07 Å². The van der Waals surface area contributed by atoms with Crippen LogP contribution in [0.4, 0.5) is 10.1 Å². The summed E-state index contributed by atoms with van der Waals surface area (Å²) in [7, 11) is 0. The Balaban J connectivity index is 2.89. The Hall–Kier alpha value is -1.42. The minimum absolute atomic E-state index is 0.141. The lowest BCUT2D eigenvalue weighted by Gasteiger charge is -2.28. The summed E-state index contributed by atoms with van der Waals surface area (Å²) in [6, 6.07) is 4.68. The van der Waals surface area contributed by atoms with Gasteiger partial charge in [0.15, 0.2) is 0 Å². The molecule has 0 aliphatic rings. The van der Waals surface area contributed by atoms with Crippen molar-refractivity contribution in [3.8, 4) is 0 Å². The van der Waals surface area contributed by atoms with Crippen LogP contribution in [-0.4, -0.2) is 12.5 Å². The van der Waals surface area contributed by atoms with Gasteiger partial charge in [0.2, 0.25) is 5.91 Å². The molecule has 1 aromatic carbocycles. The molecule has 3 nitrogen and oxygen atoms in total. The third-order valence-corrected chi connectivity index (χ3v) is 3.66. The van der Waals surface area contributed by atoms with Crippen molar-refractivity contribution in [3.63, 3.8) is 0 Å². The van der Waals surface area contributed by atoms with E-state index in [1.807, 2.05) is 13.8 Å². The molecule has 0 spiro atoms. The summed E-state index contributed by atoms with van der Waals surface area (Å²) in [5.41, 5.74) is 6.17. The number of hydrogen-bond acceptors (Lipinski definition) is 2. The molecule has 0 fully saturated rings. The maximum atomic E-state index is 13.4. The molecule has 0 atom stereocenters. The molecule has 0 saturated carbocycles. The number of benzene rings is 1. The van der Waals surface area contributed by atoms with Crippen molar-refractivity contribution >= 4 is 11.6 Å². The second kappa shape index (κ2) is 5.96. The number of halogens is 1. The van der Waals surface area contributed by atoms with Gasteiger partial charge in [-0.05, 0) is 37.5 Å². The zero-order valence-corrected chi connectivity index (χ0v) is 11.2. The highest BCUT2D eigenvalue weighted by Crippen LogP contribution is 2.27. The third-order valence-electron chi connectivity index (χ3n) is 3.66. The van der Waals surface area contributed by atoms with E-state index >= 15 is 0 Å². The van der Waals surface area contributed by atoms with Crippen LogP contribution >= 0.6 is 0 Å². The number of aryl methyl sites for hydroxylation is 1. The van der Waals surface area contributed by atoms with Crippen LogP contribution in [0.1, 0.15) is 32.3 Å². The second-order valence-corrected chi connectivity index (χ2v) is 4.61. The van der Waals surface area contributed by atoms with Crippen LogP contribution in [0.3, 0.4) is 0 Å². The van der Waals surface area contributed by atoms with E-state index in [0.717, 1.165) is 0 Å². The molecular formula is C14H21FN2O. The molecule has 1 rings (SSSR count). The summed E-state index contributed by atoms with van der Waals surface area (Å²) in [5.74, 6) is -0.461. The molecule has 0 heterocycles. The SMILES string of the molecule is CCC(CC)(CN)C(=O)Nc1ccc(C)c(F)c1. The van der Waals surface area contributed by atoms with Crippen molar-refractivity contribution in [2.24, 2.45) is 11.1 Å². The van der Waals surface area contributed by atoms with Gasteiger partial charge in [0.1, 0.15) is 5.82 Å². The van der Waals surface area contributed by atoms with Gasteiger partial charge in [0.25, 0.3) is 0 Å². The van der Waals surface area contributed by atoms with Gasteiger partial charge in [-0.1, -0.05) is 19.9 Å². The van der Waals surface area contributed by atoms with Crippen molar-refractivity contribution in [2.75, 3.05) is 11.9 Å². The quantitative estimate of drug-likeness (QED) is 0.846. The monoisotopic (exact) mass is 252 g/mol. The summed E-state index contributed by atoms with van der Waals surface area (Å²) in [6.07, 6.45) is 1.33. The van der Waals surface area contributed by atoms with Crippen LogP contribution < -0.4 is 11.1 Å². The molecule has 0 radical (unpaired) electrons. The lowest BCUT2D eigenvalue weighted by atomic mass is 9.81. The molecule has 0 unspecified atom stereocenters.